The molecule has 0 saturated heterocycles. The third-order valence-electron chi connectivity index (χ3n) is 3.13. The first kappa shape index (κ1) is 17.5. The monoisotopic (exact) mass is 294 g/mol. The predicted molar refractivity (Wildman–Crippen MR) is 84.9 cm³/mol. The Morgan fingerprint density at radius 2 is 1.57 bits per heavy atom. The summed E-state index contributed by atoms with van der Waals surface area (Å²) in [5.74, 6) is 0.0112. The zero-order chi connectivity index (χ0) is 15.5. The summed E-state index contributed by atoms with van der Waals surface area (Å²) in [5.41, 5.74) is 1.67. The molecule has 1 N–H and O–H groups in total. The number of hydrogen-bond donors (Lipinski definition) is 1. The van der Waals surface area contributed by atoms with Crippen LogP contribution >= 0.6 is 0 Å². The maximum Gasteiger partial charge on any atom is 0.254 e. The Balaban J connectivity index is 2.66. The molecule has 0 spiro atoms. The van der Waals surface area contributed by atoms with Crippen LogP contribution in [-0.2, 0) is 9.47 Å². The van der Waals surface area contributed by atoms with E-state index >= 15 is 0 Å². The number of benzene rings is 1. The Hall–Kier alpha value is -1.59. The van der Waals surface area contributed by atoms with Gasteiger partial charge in [-0.15, -0.1) is 0 Å². The third-order valence-corrected chi connectivity index (χ3v) is 3.13. The largest absolute Gasteiger partial charge is 0.388 e. The topological polar surface area (TPSA) is 50.8 Å². The van der Waals surface area contributed by atoms with Gasteiger partial charge in [0.1, 0.15) is 0 Å². The molecule has 0 aliphatic carbocycles. The van der Waals surface area contributed by atoms with Crippen molar-refractivity contribution in [2.24, 2.45) is 0 Å². The van der Waals surface area contributed by atoms with Crippen molar-refractivity contribution < 1.29 is 14.3 Å². The molecule has 0 fully saturated rings. The van der Waals surface area contributed by atoms with E-state index in [1.165, 1.54) is 0 Å². The molecular weight excluding hydrogens is 268 g/mol. The maximum atomic E-state index is 12.5. The van der Waals surface area contributed by atoms with Crippen LogP contribution in [0.1, 0.15) is 24.2 Å². The highest BCUT2D eigenvalue weighted by Crippen LogP contribution is 2.11. The van der Waals surface area contributed by atoms with Gasteiger partial charge in [-0.05, 0) is 38.1 Å². The van der Waals surface area contributed by atoms with Crippen LogP contribution in [0.15, 0.2) is 24.3 Å². The lowest BCUT2D eigenvalue weighted by atomic mass is 10.2. The first-order valence-corrected chi connectivity index (χ1v) is 7.45. The summed E-state index contributed by atoms with van der Waals surface area (Å²) >= 11 is 0. The molecule has 0 saturated carbocycles. The number of nitrogens with one attached hydrogen (secondary N) is 1. The summed E-state index contributed by atoms with van der Waals surface area (Å²) in [6, 6.07) is 7.47. The maximum absolute atomic E-state index is 12.5. The number of nitrogens with zero attached hydrogens (tertiary/aromatic N) is 1. The number of amides is 1. The van der Waals surface area contributed by atoms with Gasteiger partial charge in [0.15, 0.2) is 0 Å². The standard InChI is InChI=1S/C16H26N2O3/c1-4-20-12-10-18(11-13-21-5-2)16(19)14-6-8-15(17-3)9-7-14/h6-9,17H,4-5,10-13H2,1-3H3. The van der Waals surface area contributed by atoms with Crippen molar-refractivity contribution in [3.8, 4) is 0 Å². The van der Waals surface area contributed by atoms with Crippen LogP contribution in [0, 0.1) is 0 Å². The van der Waals surface area contributed by atoms with Crippen molar-refractivity contribution in [1.82, 2.24) is 4.90 Å². The highest BCUT2D eigenvalue weighted by Gasteiger charge is 2.15. The molecule has 1 rings (SSSR count). The molecule has 118 valence electrons. The molecule has 21 heavy (non-hydrogen) atoms. The van der Waals surface area contributed by atoms with E-state index in [-0.39, 0.29) is 5.91 Å². The number of carbonyl (C=O) groups is 1. The van der Waals surface area contributed by atoms with Gasteiger partial charge in [-0.3, -0.25) is 4.79 Å². The van der Waals surface area contributed by atoms with E-state index in [2.05, 4.69) is 5.32 Å². The van der Waals surface area contributed by atoms with Gasteiger partial charge in [0.25, 0.3) is 5.91 Å². The number of carbonyl (C=O) groups excluding carboxylic acids is 1. The van der Waals surface area contributed by atoms with Crippen molar-refractivity contribution in [3.05, 3.63) is 29.8 Å². The molecule has 0 radical (unpaired) electrons. The van der Waals surface area contributed by atoms with Crippen molar-refractivity contribution in [1.29, 1.82) is 0 Å². The highest BCUT2D eigenvalue weighted by atomic mass is 16.5. The smallest absolute Gasteiger partial charge is 0.254 e. The Morgan fingerprint density at radius 3 is 2.00 bits per heavy atom. The number of hydrogen-bond acceptors (Lipinski definition) is 4. The van der Waals surface area contributed by atoms with Gasteiger partial charge in [0.05, 0.1) is 13.2 Å². The molecule has 5 heteroatoms. The van der Waals surface area contributed by atoms with Crippen molar-refractivity contribution in [2.45, 2.75) is 13.8 Å². The Labute approximate surface area is 127 Å². The fraction of sp³-hybridized carbons (Fsp3) is 0.562. The van der Waals surface area contributed by atoms with Gasteiger partial charge >= 0.3 is 0 Å². The molecule has 1 aromatic rings. The minimum atomic E-state index is 0.0112. The lowest BCUT2D eigenvalue weighted by Gasteiger charge is -2.22. The zero-order valence-electron chi connectivity index (χ0n) is 13.2. The number of ether oxygens (including phenoxy) is 2. The van der Waals surface area contributed by atoms with E-state index in [0.717, 1.165) is 5.69 Å². The van der Waals surface area contributed by atoms with Gasteiger partial charge in [-0.1, -0.05) is 0 Å². The predicted octanol–water partition coefficient (Wildman–Crippen LogP) is 2.24. The fourth-order valence-electron chi connectivity index (χ4n) is 1.92. The van der Waals surface area contributed by atoms with Crippen LogP contribution < -0.4 is 5.32 Å². The van der Waals surface area contributed by atoms with Gasteiger partial charge in [-0.25, -0.2) is 0 Å². The van der Waals surface area contributed by atoms with Crippen LogP contribution in [0.4, 0.5) is 5.69 Å². The number of rotatable bonds is 10. The second kappa shape index (κ2) is 10.2. The first-order chi connectivity index (χ1) is 10.2. The molecule has 0 atom stereocenters. The normalized spacial score (nSPS) is 10.4. The molecule has 1 amide bonds. The summed E-state index contributed by atoms with van der Waals surface area (Å²) in [6.45, 7) is 7.45. The quantitative estimate of drug-likeness (QED) is 0.672. The van der Waals surface area contributed by atoms with E-state index < -0.39 is 0 Å². The Kier molecular flexibility index (Phi) is 8.47. The molecule has 5 nitrogen and oxygen atoms in total. The average molecular weight is 294 g/mol. The second-order valence-corrected chi connectivity index (χ2v) is 4.51. The molecular formula is C16H26N2O3. The lowest BCUT2D eigenvalue weighted by Crippen LogP contribution is -2.36. The van der Waals surface area contributed by atoms with Crippen LogP contribution in [0.5, 0.6) is 0 Å². The summed E-state index contributed by atoms with van der Waals surface area (Å²) in [7, 11) is 1.85. The van der Waals surface area contributed by atoms with Gasteiger partial charge < -0.3 is 19.7 Å². The van der Waals surface area contributed by atoms with E-state index in [1.807, 2.05) is 45.2 Å². The fourth-order valence-corrected chi connectivity index (χ4v) is 1.92. The van der Waals surface area contributed by atoms with Crippen LogP contribution in [0.3, 0.4) is 0 Å². The van der Waals surface area contributed by atoms with E-state index in [9.17, 15) is 4.79 Å². The minimum Gasteiger partial charge on any atom is -0.388 e. The highest BCUT2D eigenvalue weighted by molar-refractivity contribution is 5.94. The third kappa shape index (κ3) is 6.14. The first-order valence-electron chi connectivity index (χ1n) is 7.45. The van der Waals surface area contributed by atoms with Gasteiger partial charge in [0.2, 0.25) is 0 Å². The SMILES string of the molecule is CCOCCN(CCOCC)C(=O)c1ccc(NC)cc1. The molecule has 0 heterocycles. The molecule has 0 aliphatic rings. The van der Waals surface area contributed by atoms with E-state index in [0.29, 0.717) is 45.1 Å². The Bertz CT molecular complexity index is 396. The molecule has 1 aromatic carbocycles. The van der Waals surface area contributed by atoms with Crippen molar-refractivity contribution in [3.63, 3.8) is 0 Å². The summed E-state index contributed by atoms with van der Waals surface area (Å²) in [6.07, 6.45) is 0. The average Bonchev–Trinajstić information content (AvgIpc) is 2.53. The van der Waals surface area contributed by atoms with Gasteiger partial charge in [-0.2, -0.15) is 0 Å². The van der Waals surface area contributed by atoms with Crippen LogP contribution in [0.2, 0.25) is 0 Å². The zero-order valence-corrected chi connectivity index (χ0v) is 13.2. The molecule has 0 aliphatic heterocycles. The van der Waals surface area contributed by atoms with E-state index in [4.69, 9.17) is 9.47 Å². The summed E-state index contributed by atoms with van der Waals surface area (Å²) < 4.78 is 10.7. The summed E-state index contributed by atoms with van der Waals surface area (Å²) in [4.78, 5) is 14.3. The molecule has 0 aromatic heterocycles. The Morgan fingerprint density at radius 1 is 1.05 bits per heavy atom. The van der Waals surface area contributed by atoms with Crippen LogP contribution in [-0.4, -0.2) is 57.4 Å². The minimum absolute atomic E-state index is 0.0112. The lowest BCUT2D eigenvalue weighted by molar-refractivity contribution is 0.0550. The molecule has 0 unspecified atom stereocenters. The number of anilines is 1. The van der Waals surface area contributed by atoms with Gasteiger partial charge in [0, 0.05) is 44.6 Å². The van der Waals surface area contributed by atoms with Crippen molar-refractivity contribution >= 4 is 11.6 Å². The van der Waals surface area contributed by atoms with E-state index in [1.54, 1.807) is 4.90 Å². The second-order valence-electron chi connectivity index (χ2n) is 4.51. The van der Waals surface area contributed by atoms with Crippen LogP contribution in [0.25, 0.3) is 0 Å². The summed E-state index contributed by atoms with van der Waals surface area (Å²) in [5, 5.41) is 3.04. The van der Waals surface area contributed by atoms with Crippen molar-refractivity contribution in [2.75, 3.05) is 51.9 Å². The molecule has 0 bridgehead atoms.